The Morgan fingerprint density at radius 2 is 1.72 bits per heavy atom. The van der Waals surface area contributed by atoms with E-state index in [0.29, 0.717) is 17.8 Å². The summed E-state index contributed by atoms with van der Waals surface area (Å²) in [6.07, 6.45) is 0. The van der Waals surface area contributed by atoms with Gasteiger partial charge in [-0.2, -0.15) is 5.10 Å². The second-order valence-corrected chi connectivity index (χ2v) is 6.71. The van der Waals surface area contributed by atoms with Gasteiger partial charge in [0, 0.05) is 43.5 Å². The summed E-state index contributed by atoms with van der Waals surface area (Å²) in [6, 6.07) is 17.9. The Bertz CT molecular complexity index is 1030. The quantitative estimate of drug-likeness (QED) is 0.668. The normalized spacial score (nSPS) is 10.4. The molecule has 7 nitrogen and oxygen atoms in total. The van der Waals surface area contributed by atoms with Gasteiger partial charge in [0.1, 0.15) is 5.75 Å². The highest BCUT2D eigenvalue weighted by atomic mass is 16.5. The van der Waals surface area contributed by atoms with Crippen molar-refractivity contribution < 1.29 is 9.53 Å². The average Bonchev–Trinajstić information content (AvgIpc) is 2.75. The van der Waals surface area contributed by atoms with E-state index in [4.69, 9.17) is 4.74 Å². The molecule has 1 heterocycles. The first kappa shape index (κ1) is 20.1. The standard InChI is InChI=1S/C22H24N4O3/c1-25(2)18-8-4-17(5-9-18)22(28)23-14-15-26-21(27)13-12-20(24-26)16-6-10-19(29-3)11-7-16/h4-13H,14-15H2,1-3H3,(H,23,28). The van der Waals surface area contributed by atoms with Crippen LogP contribution >= 0.6 is 0 Å². The summed E-state index contributed by atoms with van der Waals surface area (Å²) in [7, 11) is 5.50. The van der Waals surface area contributed by atoms with Gasteiger partial charge in [-0.1, -0.05) is 0 Å². The molecule has 0 saturated heterocycles. The molecule has 150 valence electrons. The first-order chi connectivity index (χ1) is 14.0. The highest BCUT2D eigenvalue weighted by molar-refractivity contribution is 5.94. The number of carbonyl (C=O) groups excluding carboxylic acids is 1. The fraction of sp³-hybridized carbons (Fsp3) is 0.227. The van der Waals surface area contributed by atoms with Gasteiger partial charge in [0.15, 0.2) is 0 Å². The van der Waals surface area contributed by atoms with E-state index in [1.165, 1.54) is 10.7 Å². The van der Waals surface area contributed by atoms with E-state index in [-0.39, 0.29) is 18.0 Å². The Hall–Kier alpha value is -3.61. The number of anilines is 1. The van der Waals surface area contributed by atoms with E-state index in [1.807, 2.05) is 55.4 Å². The number of carbonyl (C=O) groups is 1. The number of methoxy groups -OCH3 is 1. The number of ether oxygens (including phenoxy) is 1. The van der Waals surface area contributed by atoms with Crippen molar-refractivity contribution in [3.05, 3.63) is 76.6 Å². The summed E-state index contributed by atoms with van der Waals surface area (Å²) in [4.78, 5) is 26.4. The maximum atomic E-state index is 12.3. The van der Waals surface area contributed by atoms with Gasteiger partial charge in [-0.15, -0.1) is 0 Å². The molecule has 0 fully saturated rings. The van der Waals surface area contributed by atoms with Gasteiger partial charge < -0.3 is 15.0 Å². The van der Waals surface area contributed by atoms with Crippen LogP contribution in [0.3, 0.4) is 0 Å². The largest absolute Gasteiger partial charge is 0.497 e. The Kier molecular flexibility index (Phi) is 6.29. The third kappa shape index (κ3) is 5.01. The highest BCUT2D eigenvalue weighted by Gasteiger charge is 2.07. The van der Waals surface area contributed by atoms with Crippen molar-refractivity contribution >= 4 is 11.6 Å². The molecule has 0 aliphatic heterocycles. The number of nitrogens with one attached hydrogen (secondary N) is 1. The zero-order chi connectivity index (χ0) is 20.8. The predicted molar refractivity (Wildman–Crippen MR) is 114 cm³/mol. The summed E-state index contributed by atoms with van der Waals surface area (Å²) in [5.74, 6) is 0.568. The summed E-state index contributed by atoms with van der Waals surface area (Å²) >= 11 is 0. The van der Waals surface area contributed by atoms with Gasteiger partial charge >= 0.3 is 0 Å². The van der Waals surface area contributed by atoms with Crippen LogP contribution in [0.4, 0.5) is 5.69 Å². The van der Waals surface area contributed by atoms with Crippen molar-refractivity contribution in [2.45, 2.75) is 6.54 Å². The van der Waals surface area contributed by atoms with Crippen molar-refractivity contribution in [3.63, 3.8) is 0 Å². The lowest BCUT2D eigenvalue weighted by molar-refractivity contribution is 0.0952. The molecule has 0 saturated carbocycles. The molecule has 1 amide bonds. The van der Waals surface area contributed by atoms with E-state index in [0.717, 1.165) is 17.0 Å². The number of rotatable bonds is 7. The fourth-order valence-corrected chi connectivity index (χ4v) is 2.81. The molecule has 2 aromatic carbocycles. The van der Waals surface area contributed by atoms with Crippen LogP contribution in [-0.4, -0.2) is 43.4 Å². The van der Waals surface area contributed by atoms with E-state index in [2.05, 4.69) is 10.4 Å². The molecule has 0 aliphatic carbocycles. The third-order valence-corrected chi connectivity index (χ3v) is 4.51. The smallest absolute Gasteiger partial charge is 0.266 e. The molecule has 7 heteroatoms. The number of nitrogens with zero attached hydrogens (tertiary/aromatic N) is 3. The Labute approximate surface area is 169 Å². The first-order valence-electron chi connectivity index (χ1n) is 9.26. The number of benzene rings is 2. The topological polar surface area (TPSA) is 76.5 Å². The van der Waals surface area contributed by atoms with Crippen LogP contribution in [0.25, 0.3) is 11.3 Å². The van der Waals surface area contributed by atoms with Crippen LogP contribution in [0.2, 0.25) is 0 Å². The maximum absolute atomic E-state index is 12.3. The minimum atomic E-state index is -0.216. The molecule has 0 spiro atoms. The number of aromatic nitrogens is 2. The van der Waals surface area contributed by atoms with Gasteiger partial charge in [0.05, 0.1) is 19.3 Å². The zero-order valence-electron chi connectivity index (χ0n) is 16.8. The molecule has 0 atom stereocenters. The summed E-state index contributed by atoms with van der Waals surface area (Å²) in [6.45, 7) is 0.581. The zero-order valence-corrected chi connectivity index (χ0v) is 16.8. The maximum Gasteiger partial charge on any atom is 0.266 e. The lowest BCUT2D eigenvalue weighted by Crippen LogP contribution is -2.32. The SMILES string of the molecule is COc1ccc(-c2ccc(=O)n(CCNC(=O)c3ccc(N(C)C)cc3)n2)cc1. The molecular formula is C22H24N4O3. The fourth-order valence-electron chi connectivity index (χ4n) is 2.81. The van der Waals surface area contributed by atoms with Crippen molar-refractivity contribution in [1.29, 1.82) is 0 Å². The van der Waals surface area contributed by atoms with Crippen molar-refractivity contribution in [3.8, 4) is 17.0 Å². The number of amides is 1. The first-order valence-corrected chi connectivity index (χ1v) is 9.26. The van der Waals surface area contributed by atoms with E-state index >= 15 is 0 Å². The van der Waals surface area contributed by atoms with Crippen molar-refractivity contribution in [1.82, 2.24) is 15.1 Å². The third-order valence-electron chi connectivity index (χ3n) is 4.51. The summed E-state index contributed by atoms with van der Waals surface area (Å²) in [5, 5.41) is 7.23. The second-order valence-electron chi connectivity index (χ2n) is 6.71. The molecule has 0 bridgehead atoms. The van der Waals surface area contributed by atoms with Crippen LogP contribution in [-0.2, 0) is 6.54 Å². The molecule has 3 aromatic rings. The Morgan fingerprint density at radius 3 is 2.34 bits per heavy atom. The van der Waals surface area contributed by atoms with Crippen LogP contribution in [0.5, 0.6) is 5.75 Å². The van der Waals surface area contributed by atoms with Gasteiger partial charge in [0.2, 0.25) is 0 Å². The Morgan fingerprint density at radius 1 is 1.03 bits per heavy atom. The van der Waals surface area contributed by atoms with Gasteiger partial charge in [0.25, 0.3) is 11.5 Å². The van der Waals surface area contributed by atoms with Crippen LogP contribution < -0.4 is 20.5 Å². The molecule has 0 aliphatic rings. The monoisotopic (exact) mass is 392 g/mol. The van der Waals surface area contributed by atoms with Gasteiger partial charge in [-0.25, -0.2) is 4.68 Å². The molecule has 0 radical (unpaired) electrons. The molecule has 1 aromatic heterocycles. The minimum absolute atomic E-state index is 0.185. The van der Waals surface area contributed by atoms with Gasteiger partial charge in [-0.05, 0) is 54.6 Å². The van der Waals surface area contributed by atoms with Crippen molar-refractivity contribution in [2.24, 2.45) is 0 Å². The lowest BCUT2D eigenvalue weighted by atomic mass is 10.1. The predicted octanol–water partition coefficient (Wildman–Crippen LogP) is 2.41. The molecule has 3 rings (SSSR count). The van der Waals surface area contributed by atoms with E-state index in [9.17, 15) is 9.59 Å². The number of hydrogen-bond acceptors (Lipinski definition) is 5. The summed E-state index contributed by atoms with van der Waals surface area (Å²) in [5.41, 5.74) is 2.94. The average molecular weight is 392 g/mol. The minimum Gasteiger partial charge on any atom is -0.497 e. The number of hydrogen-bond donors (Lipinski definition) is 1. The van der Waals surface area contributed by atoms with Crippen molar-refractivity contribution in [2.75, 3.05) is 32.6 Å². The van der Waals surface area contributed by atoms with Crippen LogP contribution in [0.1, 0.15) is 10.4 Å². The van der Waals surface area contributed by atoms with Gasteiger partial charge in [-0.3, -0.25) is 9.59 Å². The summed E-state index contributed by atoms with van der Waals surface area (Å²) < 4.78 is 6.52. The second kappa shape index (κ2) is 9.05. The molecule has 29 heavy (non-hydrogen) atoms. The highest BCUT2D eigenvalue weighted by Crippen LogP contribution is 2.19. The van der Waals surface area contributed by atoms with Crippen LogP contribution in [0, 0.1) is 0 Å². The molecular weight excluding hydrogens is 368 g/mol. The molecule has 0 unspecified atom stereocenters. The Balaban J connectivity index is 1.64. The van der Waals surface area contributed by atoms with Crippen LogP contribution in [0.15, 0.2) is 65.5 Å². The molecule has 1 N–H and O–H groups in total. The van der Waals surface area contributed by atoms with E-state index < -0.39 is 0 Å². The lowest BCUT2D eigenvalue weighted by Gasteiger charge is -2.13. The van der Waals surface area contributed by atoms with E-state index in [1.54, 1.807) is 25.3 Å².